The van der Waals surface area contributed by atoms with Crippen molar-refractivity contribution in [1.29, 1.82) is 0 Å². The van der Waals surface area contributed by atoms with Crippen LogP contribution in [0.5, 0.6) is 6.01 Å². The molecule has 5 nitrogen and oxygen atoms in total. The number of ether oxygens (including phenoxy) is 1. The topological polar surface area (TPSA) is 81.0 Å². The van der Waals surface area contributed by atoms with Gasteiger partial charge in [0.25, 0.3) is 6.01 Å². The number of benzene rings is 1. The molecule has 0 saturated heterocycles. The van der Waals surface area contributed by atoms with Gasteiger partial charge < -0.3 is 15.5 Å². The van der Waals surface area contributed by atoms with Crippen LogP contribution in [0.15, 0.2) is 34.9 Å². The van der Waals surface area contributed by atoms with Crippen LogP contribution >= 0.6 is 23.2 Å². The van der Waals surface area contributed by atoms with Crippen molar-refractivity contribution >= 4 is 40.1 Å². The summed E-state index contributed by atoms with van der Waals surface area (Å²) in [7, 11) is 0. The van der Waals surface area contributed by atoms with E-state index in [0.717, 1.165) is 29.5 Å². The molecule has 0 fully saturated rings. The number of nitrogens with two attached hydrogens (primary N) is 1. The number of imidazole rings is 1. The Morgan fingerprint density at radius 1 is 1.38 bits per heavy atom. The van der Waals surface area contributed by atoms with Crippen LogP contribution in [0.4, 0.5) is 0 Å². The lowest BCUT2D eigenvalue weighted by atomic mass is 10.1. The van der Waals surface area contributed by atoms with E-state index < -0.39 is 0 Å². The van der Waals surface area contributed by atoms with Gasteiger partial charge in [-0.2, -0.15) is 4.98 Å². The van der Waals surface area contributed by atoms with Crippen LogP contribution in [-0.4, -0.2) is 22.5 Å². The Labute approximate surface area is 149 Å². The molecule has 0 unspecified atom stereocenters. The zero-order valence-electron chi connectivity index (χ0n) is 13.2. The van der Waals surface area contributed by atoms with Crippen LogP contribution in [0.2, 0.25) is 10.0 Å². The van der Waals surface area contributed by atoms with Gasteiger partial charge >= 0.3 is 0 Å². The Morgan fingerprint density at radius 3 is 2.79 bits per heavy atom. The number of rotatable bonds is 6. The first-order valence-electron chi connectivity index (χ1n) is 7.66. The number of primary amides is 1. The highest BCUT2D eigenvalue weighted by Gasteiger charge is 2.18. The van der Waals surface area contributed by atoms with Crippen molar-refractivity contribution in [2.45, 2.75) is 26.2 Å². The fourth-order valence-corrected chi connectivity index (χ4v) is 3.10. The molecule has 0 radical (unpaired) electrons. The second-order valence-corrected chi connectivity index (χ2v) is 6.45. The second-order valence-electron chi connectivity index (χ2n) is 5.64. The minimum absolute atomic E-state index is 0.367. The summed E-state index contributed by atoms with van der Waals surface area (Å²) in [5.74, 6) is -0.367. The highest BCUT2D eigenvalue weighted by molar-refractivity contribution is 6.42. The van der Waals surface area contributed by atoms with E-state index in [1.165, 1.54) is 0 Å². The summed E-state index contributed by atoms with van der Waals surface area (Å²) in [5.41, 5.74) is 9.74. The lowest BCUT2D eigenvalue weighted by Gasteiger charge is -2.04. The van der Waals surface area contributed by atoms with E-state index in [1.54, 1.807) is 12.1 Å². The van der Waals surface area contributed by atoms with Crippen molar-refractivity contribution in [2.75, 3.05) is 6.61 Å². The fourth-order valence-electron chi connectivity index (χ4n) is 2.78. The van der Waals surface area contributed by atoms with Crippen molar-refractivity contribution in [3.63, 3.8) is 0 Å². The number of allylic oxidation sites excluding steroid dienone is 1. The molecule has 24 heavy (non-hydrogen) atoms. The van der Waals surface area contributed by atoms with Gasteiger partial charge in [-0.3, -0.25) is 4.79 Å². The average molecular weight is 366 g/mol. The first kappa shape index (κ1) is 16.9. The van der Waals surface area contributed by atoms with E-state index >= 15 is 0 Å². The number of hydrogen-bond donors (Lipinski definition) is 2. The van der Waals surface area contributed by atoms with E-state index in [1.807, 2.05) is 13.0 Å². The Morgan fingerprint density at radius 2 is 2.12 bits per heavy atom. The predicted molar refractivity (Wildman–Crippen MR) is 95.4 cm³/mol. The molecule has 1 amide bonds. The molecule has 126 valence electrons. The molecule has 2 aromatic rings. The smallest absolute Gasteiger partial charge is 0.294 e. The number of nitrogens with zero attached hydrogens (tertiary/aromatic N) is 1. The molecule has 0 atom stereocenters. The number of carbonyl (C=O) groups is 1. The van der Waals surface area contributed by atoms with Gasteiger partial charge in [0.15, 0.2) is 0 Å². The molecule has 3 rings (SSSR count). The maximum Gasteiger partial charge on any atom is 0.294 e. The molecule has 1 aromatic heterocycles. The molecule has 7 heteroatoms. The van der Waals surface area contributed by atoms with Gasteiger partial charge in [0.2, 0.25) is 5.91 Å². The van der Waals surface area contributed by atoms with E-state index in [9.17, 15) is 4.79 Å². The van der Waals surface area contributed by atoms with Crippen molar-refractivity contribution in [3.05, 3.63) is 45.0 Å². The Bertz CT molecular complexity index is 829. The van der Waals surface area contributed by atoms with Crippen molar-refractivity contribution < 1.29 is 9.53 Å². The molecule has 1 heterocycles. The average Bonchev–Trinajstić information content (AvgIpc) is 3.11. The van der Waals surface area contributed by atoms with Gasteiger partial charge in [-0.15, -0.1) is 0 Å². The second kappa shape index (κ2) is 6.87. The number of halogens is 2. The van der Waals surface area contributed by atoms with Crippen molar-refractivity contribution in [2.24, 2.45) is 5.73 Å². The summed E-state index contributed by atoms with van der Waals surface area (Å²) in [4.78, 5) is 18.8. The third-order valence-electron chi connectivity index (χ3n) is 4.03. The van der Waals surface area contributed by atoms with E-state index in [4.69, 9.17) is 33.7 Å². The summed E-state index contributed by atoms with van der Waals surface area (Å²) in [5, 5.41) is 0.920. The Balaban J connectivity index is 1.62. The molecule has 0 saturated carbocycles. The lowest BCUT2D eigenvalue weighted by Crippen LogP contribution is -2.12. The number of H-pyrrole nitrogens is 1. The summed E-state index contributed by atoms with van der Waals surface area (Å²) in [6.45, 7) is 2.48. The third-order valence-corrected chi connectivity index (χ3v) is 4.75. The Hall–Kier alpha value is -1.98. The summed E-state index contributed by atoms with van der Waals surface area (Å²) in [6.07, 6.45) is 4.19. The molecule has 3 N–H and O–H groups in total. The number of aromatic nitrogens is 2. The van der Waals surface area contributed by atoms with Gasteiger partial charge in [-0.1, -0.05) is 41.3 Å². The standard InChI is InChI=1S/C17H17Cl2N3O2/c1-2-10-5-9(6-11(10)16(20)23)3-4-24-17-21-14-7-12(18)13(19)8-15(14)22-17/h6-8H,2-5H2,1H3,(H2,20,23)(H,21,22). The molecular weight excluding hydrogens is 349 g/mol. The maximum absolute atomic E-state index is 11.4. The van der Waals surface area contributed by atoms with Crippen LogP contribution < -0.4 is 10.5 Å². The van der Waals surface area contributed by atoms with Crippen LogP contribution in [-0.2, 0) is 4.79 Å². The number of amides is 1. The van der Waals surface area contributed by atoms with E-state index in [0.29, 0.717) is 40.2 Å². The number of carbonyl (C=O) groups excluding carboxylic acids is 1. The van der Waals surface area contributed by atoms with E-state index in [-0.39, 0.29) is 5.91 Å². The summed E-state index contributed by atoms with van der Waals surface area (Å²) in [6, 6.07) is 3.83. The molecule has 0 bridgehead atoms. The van der Waals surface area contributed by atoms with E-state index in [2.05, 4.69) is 9.97 Å². The highest BCUT2D eigenvalue weighted by atomic mass is 35.5. The predicted octanol–water partition coefficient (Wildman–Crippen LogP) is 4.16. The Kier molecular flexibility index (Phi) is 4.83. The molecule has 0 aliphatic heterocycles. The van der Waals surface area contributed by atoms with Crippen LogP contribution in [0.3, 0.4) is 0 Å². The number of hydrogen-bond acceptors (Lipinski definition) is 3. The largest absolute Gasteiger partial charge is 0.464 e. The highest BCUT2D eigenvalue weighted by Crippen LogP contribution is 2.30. The zero-order chi connectivity index (χ0) is 17.3. The molecule has 1 aliphatic rings. The monoisotopic (exact) mass is 365 g/mol. The quantitative estimate of drug-likeness (QED) is 0.806. The van der Waals surface area contributed by atoms with Crippen LogP contribution in [0.1, 0.15) is 26.2 Å². The van der Waals surface area contributed by atoms with Gasteiger partial charge in [0.1, 0.15) is 0 Å². The van der Waals surface area contributed by atoms with Gasteiger partial charge in [-0.05, 0) is 31.1 Å². The van der Waals surface area contributed by atoms with Gasteiger partial charge in [-0.25, -0.2) is 0 Å². The fraction of sp³-hybridized carbons (Fsp3) is 0.294. The SMILES string of the molecule is CCC1=C(C(N)=O)C=C(CCOc2nc3cc(Cl)c(Cl)cc3[nH]2)C1. The molecular formula is C17H17Cl2N3O2. The molecule has 0 spiro atoms. The van der Waals surface area contributed by atoms with Crippen LogP contribution in [0.25, 0.3) is 11.0 Å². The van der Waals surface area contributed by atoms with Crippen molar-refractivity contribution in [3.8, 4) is 6.01 Å². The summed E-state index contributed by atoms with van der Waals surface area (Å²) < 4.78 is 5.67. The number of fused-ring (bicyclic) bond motifs is 1. The normalized spacial score (nSPS) is 14.4. The minimum Gasteiger partial charge on any atom is -0.464 e. The van der Waals surface area contributed by atoms with Crippen molar-refractivity contribution in [1.82, 2.24) is 9.97 Å². The minimum atomic E-state index is -0.367. The van der Waals surface area contributed by atoms with Crippen LogP contribution in [0, 0.1) is 0 Å². The first-order valence-corrected chi connectivity index (χ1v) is 8.42. The molecule has 1 aromatic carbocycles. The zero-order valence-corrected chi connectivity index (χ0v) is 14.7. The third kappa shape index (κ3) is 3.42. The first-order chi connectivity index (χ1) is 11.5. The molecule has 1 aliphatic carbocycles. The number of nitrogens with one attached hydrogen (secondary N) is 1. The summed E-state index contributed by atoms with van der Waals surface area (Å²) >= 11 is 12.0. The van der Waals surface area contributed by atoms with Gasteiger partial charge in [0, 0.05) is 12.0 Å². The van der Waals surface area contributed by atoms with Gasteiger partial charge in [0.05, 0.1) is 27.7 Å². The lowest BCUT2D eigenvalue weighted by molar-refractivity contribution is -0.114. The maximum atomic E-state index is 11.4. The number of aromatic amines is 1.